The smallest absolute Gasteiger partial charge is 0.304 e. The molecule has 0 aromatic carbocycles. The molecule has 0 spiro atoms. The Morgan fingerprint density at radius 2 is 1.19 bits per heavy atom. The summed E-state index contributed by atoms with van der Waals surface area (Å²) in [6.45, 7) is 10.3. The summed E-state index contributed by atoms with van der Waals surface area (Å²) < 4.78 is 14.9. The fourth-order valence-corrected chi connectivity index (χ4v) is 3.31. The van der Waals surface area contributed by atoms with Crippen molar-refractivity contribution in [1.82, 2.24) is 19.1 Å². The van der Waals surface area contributed by atoms with E-state index < -0.39 is 23.4 Å². The molecule has 0 fully saturated rings. The first-order valence-corrected chi connectivity index (χ1v) is 8.47. The molecule has 4 unspecified atom stereocenters. The average Bonchev–Trinajstić information content (AvgIpc) is 3.24. The Kier molecular flexibility index (Phi) is 5.53. The normalized spacial score (nSPS) is 18.2. The van der Waals surface area contributed by atoms with Crippen molar-refractivity contribution in [1.29, 1.82) is 0 Å². The number of carbonyl (C=O) groups excluding carboxylic acids is 2. The molecule has 142 valence electrons. The van der Waals surface area contributed by atoms with Crippen LogP contribution in [0.5, 0.6) is 0 Å². The third-order valence-corrected chi connectivity index (χ3v) is 5.17. The Bertz CT molecular complexity index is 679. The molecule has 0 aliphatic carbocycles. The van der Waals surface area contributed by atoms with Crippen molar-refractivity contribution in [3.63, 3.8) is 0 Å². The van der Waals surface area contributed by atoms with E-state index in [1.54, 1.807) is 46.6 Å². The van der Waals surface area contributed by atoms with Crippen molar-refractivity contribution in [2.75, 3.05) is 0 Å². The highest BCUT2D eigenvalue weighted by Gasteiger charge is 2.48. The van der Waals surface area contributed by atoms with Crippen molar-refractivity contribution < 1.29 is 19.1 Å². The van der Waals surface area contributed by atoms with Gasteiger partial charge in [-0.1, -0.05) is 13.8 Å². The monoisotopic (exact) mass is 362 g/mol. The van der Waals surface area contributed by atoms with Crippen LogP contribution in [0.1, 0.15) is 41.5 Å². The number of carbonyl (C=O) groups is 2. The lowest BCUT2D eigenvalue weighted by Gasteiger charge is -2.45. The van der Waals surface area contributed by atoms with Crippen LogP contribution in [-0.4, -0.2) is 31.0 Å². The molecular formula is C18H26N4O4. The molecule has 26 heavy (non-hydrogen) atoms. The highest BCUT2D eigenvalue weighted by atomic mass is 16.6. The molecule has 0 aliphatic heterocycles. The van der Waals surface area contributed by atoms with Crippen LogP contribution in [0.2, 0.25) is 0 Å². The van der Waals surface area contributed by atoms with Gasteiger partial charge in [0.15, 0.2) is 11.4 Å². The van der Waals surface area contributed by atoms with Gasteiger partial charge in [-0.25, -0.2) is 9.97 Å². The van der Waals surface area contributed by atoms with E-state index in [9.17, 15) is 9.59 Å². The predicted octanol–water partition coefficient (Wildman–Crippen LogP) is 2.52. The van der Waals surface area contributed by atoms with Crippen molar-refractivity contribution in [2.24, 2.45) is 11.8 Å². The number of hydrogen-bond donors (Lipinski definition) is 0. The molecule has 8 heteroatoms. The van der Waals surface area contributed by atoms with E-state index in [0.717, 1.165) is 0 Å². The van der Waals surface area contributed by atoms with E-state index in [4.69, 9.17) is 9.47 Å². The SMILES string of the molecule is CC(=O)OC(C)(C(C)C(C)C(C)(OC(C)=O)n1ccnc1)n1ccnc1. The number of rotatable bonds is 7. The molecule has 2 aromatic rings. The van der Waals surface area contributed by atoms with Crippen LogP contribution >= 0.6 is 0 Å². The van der Waals surface area contributed by atoms with E-state index in [-0.39, 0.29) is 11.8 Å². The number of ether oxygens (including phenoxy) is 2. The minimum Gasteiger partial charge on any atom is -0.439 e. The van der Waals surface area contributed by atoms with Gasteiger partial charge in [-0.2, -0.15) is 0 Å². The van der Waals surface area contributed by atoms with Gasteiger partial charge in [-0.05, 0) is 13.8 Å². The largest absolute Gasteiger partial charge is 0.439 e. The summed E-state index contributed by atoms with van der Waals surface area (Å²) in [7, 11) is 0. The Balaban J connectivity index is 2.47. The summed E-state index contributed by atoms with van der Waals surface area (Å²) in [4.78, 5) is 31.7. The highest BCUT2D eigenvalue weighted by molar-refractivity contribution is 5.66. The van der Waals surface area contributed by atoms with Gasteiger partial charge in [0, 0.05) is 50.5 Å². The summed E-state index contributed by atoms with van der Waals surface area (Å²) >= 11 is 0. The van der Waals surface area contributed by atoms with Gasteiger partial charge in [0.25, 0.3) is 0 Å². The molecular weight excluding hydrogens is 336 g/mol. The lowest BCUT2D eigenvalue weighted by atomic mass is 9.80. The number of esters is 2. The van der Waals surface area contributed by atoms with Crippen LogP contribution in [0, 0.1) is 11.8 Å². The molecule has 0 saturated carbocycles. The van der Waals surface area contributed by atoms with Crippen molar-refractivity contribution in [3.05, 3.63) is 37.4 Å². The average molecular weight is 362 g/mol. The Morgan fingerprint density at radius 1 is 0.846 bits per heavy atom. The van der Waals surface area contributed by atoms with Crippen molar-refractivity contribution in [2.45, 2.75) is 53.0 Å². The fraction of sp³-hybridized carbons (Fsp3) is 0.556. The fourth-order valence-electron chi connectivity index (χ4n) is 3.31. The third-order valence-electron chi connectivity index (χ3n) is 5.17. The molecule has 2 aromatic heterocycles. The van der Waals surface area contributed by atoms with Gasteiger partial charge >= 0.3 is 11.9 Å². The predicted molar refractivity (Wildman–Crippen MR) is 93.6 cm³/mol. The van der Waals surface area contributed by atoms with E-state index >= 15 is 0 Å². The van der Waals surface area contributed by atoms with Gasteiger partial charge in [-0.15, -0.1) is 0 Å². The van der Waals surface area contributed by atoms with Crippen LogP contribution in [-0.2, 0) is 30.5 Å². The molecule has 0 bridgehead atoms. The van der Waals surface area contributed by atoms with Gasteiger partial charge in [0.1, 0.15) is 0 Å². The second-order valence-corrected chi connectivity index (χ2v) is 6.81. The zero-order valence-electron chi connectivity index (χ0n) is 16.0. The zero-order valence-corrected chi connectivity index (χ0v) is 16.0. The highest BCUT2D eigenvalue weighted by Crippen LogP contribution is 2.41. The Labute approximate surface area is 153 Å². The quantitative estimate of drug-likeness (QED) is 0.703. The van der Waals surface area contributed by atoms with E-state index in [1.165, 1.54) is 13.8 Å². The van der Waals surface area contributed by atoms with Crippen LogP contribution in [0.15, 0.2) is 37.4 Å². The first-order chi connectivity index (χ1) is 12.1. The molecule has 2 heterocycles. The van der Waals surface area contributed by atoms with Crippen LogP contribution in [0.3, 0.4) is 0 Å². The lowest BCUT2D eigenvalue weighted by Crippen LogP contribution is -2.51. The van der Waals surface area contributed by atoms with Gasteiger partial charge in [-0.3, -0.25) is 18.7 Å². The standard InChI is InChI=1S/C18H26N4O4/c1-13(17(5,25-15(3)23)21-9-7-19-11-21)14(2)18(6,26-16(4)24)22-10-8-20-12-22/h7-14H,1-6H3. The van der Waals surface area contributed by atoms with E-state index in [1.807, 2.05) is 27.7 Å². The number of imidazole rings is 2. The van der Waals surface area contributed by atoms with Gasteiger partial charge in [0.2, 0.25) is 0 Å². The summed E-state index contributed by atoms with van der Waals surface area (Å²) in [6, 6.07) is 0. The molecule has 4 atom stereocenters. The zero-order chi connectivity index (χ0) is 19.5. The molecule has 0 amide bonds. The molecule has 0 N–H and O–H groups in total. The van der Waals surface area contributed by atoms with Gasteiger partial charge < -0.3 is 9.47 Å². The molecule has 2 rings (SSSR count). The maximum absolute atomic E-state index is 11.8. The molecule has 0 radical (unpaired) electrons. The Morgan fingerprint density at radius 3 is 1.42 bits per heavy atom. The first-order valence-electron chi connectivity index (χ1n) is 8.47. The summed E-state index contributed by atoms with van der Waals surface area (Å²) in [5.41, 5.74) is -2.02. The van der Waals surface area contributed by atoms with Crippen LogP contribution in [0.4, 0.5) is 0 Å². The molecule has 8 nitrogen and oxygen atoms in total. The summed E-state index contributed by atoms with van der Waals surface area (Å²) in [5, 5.41) is 0. The minimum absolute atomic E-state index is 0.243. The number of aromatic nitrogens is 4. The maximum Gasteiger partial charge on any atom is 0.304 e. The maximum atomic E-state index is 11.8. The van der Waals surface area contributed by atoms with E-state index in [0.29, 0.717) is 0 Å². The summed E-state index contributed by atoms with van der Waals surface area (Å²) in [6.07, 6.45) is 9.94. The van der Waals surface area contributed by atoms with Crippen molar-refractivity contribution >= 4 is 11.9 Å². The molecule has 0 saturated heterocycles. The van der Waals surface area contributed by atoms with Crippen molar-refractivity contribution in [3.8, 4) is 0 Å². The van der Waals surface area contributed by atoms with Crippen LogP contribution in [0.25, 0.3) is 0 Å². The van der Waals surface area contributed by atoms with Gasteiger partial charge in [0.05, 0.1) is 12.7 Å². The number of nitrogens with zero attached hydrogens (tertiary/aromatic N) is 4. The Hall–Kier alpha value is -2.64. The summed E-state index contributed by atoms with van der Waals surface area (Å²) in [5.74, 6) is -1.30. The topological polar surface area (TPSA) is 88.2 Å². The van der Waals surface area contributed by atoms with E-state index in [2.05, 4.69) is 9.97 Å². The van der Waals surface area contributed by atoms with Crippen LogP contribution < -0.4 is 0 Å². The third kappa shape index (κ3) is 3.63. The minimum atomic E-state index is -1.01. The number of hydrogen-bond acceptors (Lipinski definition) is 6. The lowest BCUT2D eigenvalue weighted by molar-refractivity contribution is -0.207. The first kappa shape index (κ1) is 19.7. The second-order valence-electron chi connectivity index (χ2n) is 6.81. The molecule has 0 aliphatic rings. The second kappa shape index (κ2) is 7.31.